The zero-order valence-electron chi connectivity index (χ0n) is 8.02. The molecule has 0 amide bonds. The van der Waals surface area contributed by atoms with Crippen molar-refractivity contribution < 1.29 is 4.39 Å². The molecule has 2 rings (SSSR count). The van der Waals surface area contributed by atoms with Gasteiger partial charge in [-0.1, -0.05) is 13.8 Å². The second-order valence-corrected chi connectivity index (χ2v) is 4.61. The molecule has 2 aliphatic rings. The molecule has 0 bridgehead atoms. The van der Waals surface area contributed by atoms with E-state index in [4.69, 9.17) is 0 Å². The first-order chi connectivity index (χ1) is 5.65. The van der Waals surface area contributed by atoms with Gasteiger partial charge in [0, 0.05) is 12.1 Å². The SMILES string of the molecule is CC(C)C12CCCN1CC(F)C2. The van der Waals surface area contributed by atoms with Gasteiger partial charge in [-0.15, -0.1) is 0 Å². The second-order valence-electron chi connectivity index (χ2n) is 4.61. The van der Waals surface area contributed by atoms with Gasteiger partial charge in [0.1, 0.15) is 6.17 Å². The predicted octanol–water partition coefficient (Wildman–Crippen LogP) is 2.22. The summed E-state index contributed by atoms with van der Waals surface area (Å²) in [5.74, 6) is 0.612. The van der Waals surface area contributed by atoms with Crippen LogP contribution in [0, 0.1) is 5.92 Å². The van der Waals surface area contributed by atoms with Gasteiger partial charge in [0.15, 0.2) is 0 Å². The smallest absolute Gasteiger partial charge is 0.115 e. The monoisotopic (exact) mass is 171 g/mol. The Kier molecular flexibility index (Phi) is 1.90. The molecule has 12 heavy (non-hydrogen) atoms. The minimum Gasteiger partial charge on any atom is -0.294 e. The summed E-state index contributed by atoms with van der Waals surface area (Å²) in [6.45, 7) is 6.28. The summed E-state index contributed by atoms with van der Waals surface area (Å²) < 4.78 is 13.2. The molecule has 0 spiro atoms. The van der Waals surface area contributed by atoms with Gasteiger partial charge in [0.2, 0.25) is 0 Å². The Hall–Kier alpha value is -0.110. The van der Waals surface area contributed by atoms with Gasteiger partial charge in [-0.05, 0) is 31.7 Å². The third-order valence-corrected chi connectivity index (χ3v) is 3.74. The topological polar surface area (TPSA) is 3.24 Å². The number of hydrogen-bond donors (Lipinski definition) is 0. The molecule has 0 aliphatic carbocycles. The Bertz CT molecular complexity index is 181. The van der Waals surface area contributed by atoms with Crippen LogP contribution in [0.2, 0.25) is 0 Å². The van der Waals surface area contributed by atoms with Crippen LogP contribution < -0.4 is 0 Å². The van der Waals surface area contributed by atoms with Crippen LogP contribution in [0.1, 0.15) is 33.1 Å². The standard InChI is InChI=1S/C10H18FN/c1-8(2)10-4-3-5-12(10)7-9(11)6-10/h8-9H,3-7H2,1-2H3. The van der Waals surface area contributed by atoms with Crippen LogP contribution in [0.5, 0.6) is 0 Å². The highest BCUT2D eigenvalue weighted by Gasteiger charge is 2.50. The molecule has 2 atom stereocenters. The fourth-order valence-corrected chi connectivity index (χ4v) is 3.04. The number of alkyl halides is 1. The maximum atomic E-state index is 13.2. The van der Waals surface area contributed by atoms with Crippen molar-refractivity contribution in [3.63, 3.8) is 0 Å². The number of nitrogens with zero attached hydrogens (tertiary/aromatic N) is 1. The van der Waals surface area contributed by atoms with E-state index in [0.717, 1.165) is 13.0 Å². The van der Waals surface area contributed by atoms with E-state index in [-0.39, 0.29) is 5.54 Å². The molecule has 0 aromatic rings. The lowest BCUT2D eigenvalue weighted by Gasteiger charge is -2.35. The molecule has 2 fully saturated rings. The first kappa shape index (κ1) is 8.49. The van der Waals surface area contributed by atoms with Crippen molar-refractivity contribution in [2.45, 2.75) is 44.8 Å². The van der Waals surface area contributed by atoms with E-state index in [0.29, 0.717) is 12.5 Å². The summed E-state index contributed by atoms with van der Waals surface area (Å²) in [7, 11) is 0. The Labute approximate surface area is 73.9 Å². The first-order valence-corrected chi connectivity index (χ1v) is 5.04. The van der Waals surface area contributed by atoms with Crippen molar-refractivity contribution in [1.82, 2.24) is 4.90 Å². The van der Waals surface area contributed by atoms with Crippen molar-refractivity contribution >= 4 is 0 Å². The average molecular weight is 171 g/mol. The summed E-state index contributed by atoms with van der Waals surface area (Å²) >= 11 is 0. The third kappa shape index (κ3) is 1.00. The summed E-state index contributed by atoms with van der Waals surface area (Å²) in [4.78, 5) is 2.38. The van der Waals surface area contributed by atoms with E-state index in [1.807, 2.05) is 0 Å². The molecule has 2 heterocycles. The number of fused-ring (bicyclic) bond motifs is 1. The molecule has 2 heteroatoms. The van der Waals surface area contributed by atoms with E-state index < -0.39 is 6.17 Å². The van der Waals surface area contributed by atoms with E-state index in [2.05, 4.69) is 18.7 Å². The normalized spacial score (nSPS) is 42.5. The molecule has 0 radical (unpaired) electrons. The van der Waals surface area contributed by atoms with Gasteiger partial charge in [-0.2, -0.15) is 0 Å². The minimum atomic E-state index is -0.562. The largest absolute Gasteiger partial charge is 0.294 e. The number of rotatable bonds is 1. The molecule has 2 aliphatic heterocycles. The zero-order valence-corrected chi connectivity index (χ0v) is 8.02. The van der Waals surface area contributed by atoms with Crippen molar-refractivity contribution in [3.8, 4) is 0 Å². The number of hydrogen-bond acceptors (Lipinski definition) is 1. The molecule has 1 nitrogen and oxygen atoms in total. The molecule has 70 valence electrons. The van der Waals surface area contributed by atoms with Gasteiger partial charge in [0.25, 0.3) is 0 Å². The van der Waals surface area contributed by atoms with Gasteiger partial charge >= 0.3 is 0 Å². The average Bonchev–Trinajstić information content (AvgIpc) is 2.42. The molecule has 0 aromatic heterocycles. The maximum Gasteiger partial charge on any atom is 0.115 e. The van der Waals surface area contributed by atoms with Crippen LogP contribution >= 0.6 is 0 Å². The highest BCUT2D eigenvalue weighted by molar-refractivity contribution is 5.05. The quantitative estimate of drug-likeness (QED) is 0.584. The molecular formula is C10H18FN. The minimum absolute atomic E-state index is 0.236. The van der Waals surface area contributed by atoms with Crippen LogP contribution in [0.4, 0.5) is 4.39 Å². The van der Waals surface area contributed by atoms with E-state index in [1.54, 1.807) is 0 Å². The lowest BCUT2D eigenvalue weighted by atomic mass is 9.82. The van der Waals surface area contributed by atoms with Crippen LogP contribution in [0.25, 0.3) is 0 Å². The fraction of sp³-hybridized carbons (Fsp3) is 1.00. The molecule has 0 aromatic carbocycles. The first-order valence-electron chi connectivity index (χ1n) is 5.04. The van der Waals surface area contributed by atoms with Crippen LogP contribution in [0.3, 0.4) is 0 Å². The summed E-state index contributed by atoms with van der Waals surface area (Å²) in [6.07, 6.45) is 2.70. The van der Waals surface area contributed by atoms with Gasteiger partial charge in [-0.3, -0.25) is 4.90 Å². The molecule has 0 N–H and O–H groups in total. The molecule has 2 unspecified atom stereocenters. The van der Waals surface area contributed by atoms with Crippen molar-refractivity contribution in [3.05, 3.63) is 0 Å². The number of halogens is 1. The predicted molar refractivity (Wildman–Crippen MR) is 47.9 cm³/mol. The van der Waals surface area contributed by atoms with Crippen LogP contribution in [0.15, 0.2) is 0 Å². The lowest BCUT2D eigenvalue weighted by molar-refractivity contribution is 0.136. The van der Waals surface area contributed by atoms with E-state index in [9.17, 15) is 4.39 Å². The fourth-order valence-electron chi connectivity index (χ4n) is 3.04. The summed E-state index contributed by atoms with van der Waals surface area (Å²) in [5, 5.41) is 0. The van der Waals surface area contributed by atoms with Crippen molar-refractivity contribution in [2.75, 3.05) is 13.1 Å². The van der Waals surface area contributed by atoms with E-state index in [1.165, 1.54) is 12.8 Å². The van der Waals surface area contributed by atoms with Gasteiger partial charge < -0.3 is 0 Å². The Morgan fingerprint density at radius 1 is 1.50 bits per heavy atom. The van der Waals surface area contributed by atoms with Gasteiger partial charge in [0.05, 0.1) is 0 Å². The zero-order chi connectivity index (χ0) is 8.77. The molecular weight excluding hydrogens is 153 g/mol. The summed E-state index contributed by atoms with van der Waals surface area (Å²) in [6, 6.07) is 0. The van der Waals surface area contributed by atoms with Crippen LogP contribution in [-0.4, -0.2) is 29.7 Å². The Balaban J connectivity index is 2.20. The second kappa shape index (κ2) is 2.69. The third-order valence-electron chi connectivity index (χ3n) is 3.74. The van der Waals surface area contributed by atoms with E-state index >= 15 is 0 Å². The van der Waals surface area contributed by atoms with Crippen molar-refractivity contribution in [1.29, 1.82) is 0 Å². The highest BCUT2D eigenvalue weighted by Crippen LogP contribution is 2.44. The lowest BCUT2D eigenvalue weighted by Crippen LogP contribution is -2.42. The van der Waals surface area contributed by atoms with Gasteiger partial charge in [-0.25, -0.2) is 4.39 Å². The molecule has 2 saturated heterocycles. The Morgan fingerprint density at radius 2 is 2.25 bits per heavy atom. The summed E-state index contributed by atoms with van der Waals surface area (Å²) in [5.41, 5.74) is 0.236. The van der Waals surface area contributed by atoms with Crippen molar-refractivity contribution in [2.24, 2.45) is 5.92 Å². The molecule has 0 saturated carbocycles. The Morgan fingerprint density at radius 3 is 2.83 bits per heavy atom. The van der Waals surface area contributed by atoms with Crippen LogP contribution in [-0.2, 0) is 0 Å². The maximum absolute atomic E-state index is 13.2. The highest BCUT2D eigenvalue weighted by atomic mass is 19.1.